The molecule has 27 heavy (non-hydrogen) atoms. The van der Waals surface area contributed by atoms with E-state index in [-0.39, 0.29) is 0 Å². The summed E-state index contributed by atoms with van der Waals surface area (Å²) >= 11 is 0. The molecule has 0 radical (unpaired) electrons. The summed E-state index contributed by atoms with van der Waals surface area (Å²) in [6, 6.07) is 26.2. The molecule has 0 unspecified atom stereocenters. The highest BCUT2D eigenvalue weighted by molar-refractivity contribution is 7.06. The average Bonchev–Trinajstić information content (AvgIpc) is 3.31. The largest absolute Gasteiger partial charge is 0.119 e. The SMILES string of the molecule is Cc1c2ccccc2c(C)c2c3c(ccc12)[Si]1(CCCC1)c1ccccc1-3. The fourth-order valence-electron chi connectivity index (χ4n) is 6.18. The molecule has 4 aromatic carbocycles. The molecule has 2 aliphatic rings. The normalized spacial score (nSPS) is 17.0. The van der Waals surface area contributed by atoms with Crippen molar-refractivity contribution in [2.45, 2.75) is 38.8 Å². The Bertz CT molecular complexity index is 1240. The lowest BCUT2D eigenvalue weighted by molar-refractivity contribution is 0.935. The molecule has 0 saturated carbocycles. The molecule has 0 aliphatic carbocycles. The first-order valence-corrected chi connectivity index (χ1v) is 12.7. The van der Waals surface area contributed by atoms with Crippen molar-refractivity contribution in [2.24, 2.45) is 0 Å². The zero-order valence-electron chi connectivity index (χ0n) is 16.1. The second-order valence-corrected chi connectivity index (χ2v) is 12.8. The Morgan fingerprint density at radius 2 is 1.30 bits per heavy atom. The molecule has 1 fully saturated rings. The van der Waals surface area contributed by atoms with E-state index in [9.17, 15) is 0 Å². The number of fused-ring (bicyclic) bond motifs is 8. The number of benzene rings is 4. The van der Waals surface area contributed by atoms with E-state index in [1.807, 2.05) is 0 Å². The number of aryl methyl sites for hydroxylation is 2. The van der Waals surface area contributed by atoms with Crippen molar-refractivity contribution in [2.75, 3.05) is 0 Å². The Morgan fingerprint density at radius 1 is 0.630 bits per heavy atom. The molecule has 0 amide bonds. The van der Waals surface area contributed by atoms with Crippen LogP contribution < -0.4 is 10.4 Å². The number of hydrogen-bond donors (Lipinski definition) is 0. The summed E-state index contributed by atoms with van der Waals surface area (Å²) in [6.45, 7) is 4.65. The maximum Gasteiger partial charge on any atom is 0.119 e. The van der Waals surface area contributed by atoms with Crippen LogP contribution in [0.2, 0.25) is 12.1 Å². The highest BCUT2D eigenvalue weighted by atomic mass is 28.3. The smallest absolute Gasteiger partial charge is 0.0623 e. The summed E-state index contributed by atoms with van der Waals surface area (Å²) in [5, 5.41) is 9.24. The Labute approximate surface area is 161 Å². The van der Waals surface area contributed by atoms with Crippen LogP contribution in [0, 0.1) is 13.8 Å². The minimum absolute atomic E-state index is 1.40. The molecule has 6 rings (SSSR count). The standard InChI is InChI=1S/C26H24Si/c1-17-19-9-3-4-10-20(19)18(2)25-21(17)13-14-24-26(25)22-11-5-6-12-23(22)27(24)15-7-8-16-27/h3-6,9-14H,7-8,15-16H2,1-2H3. The molecule has 0 nitrogen and oxygen atoms in total. The topological polar surface area (TPSA) is 0 Å². The Morgan fingerprint density at radius 3 is 2.07 bits per heavy atom. The lowest BCUT2D eigenvalue weighted by Gasteiger charge is -2.24. The third-order valence-corrected chi connectivity index (χ3v) is 12.7. The van der Waals surface area contributed by atoms with E-state index in [0.29, 0.717) is 0 Å². The van der Waals surface area contributed by atoms with Crippen molar-refractivity contribution in [1.29, 1.82) is 0 Å². The van der Waals surface area contributed by atoms with Gasteiger partial charge in [0.15, 0.2) is 0 Å². The van der Waals surface area contributed by atoms with Crippen LogP contribution in [0.5, 0.6) is 0 Å². The summed E-state index contributed by atoms with van der Waals surface area (Å²) < 4.78 is 0. The zero-order valence-corrected chi connectivity index (χ0v) is 17.1. The zero-order chi connectivity index (χ0) is 18.2. The lowest BCUT2D eigenvalue weighted by atomic mass is 9.88. The molecule has 2 heterocycles. The van der Waals surface area contributed by atoms with Crippen molar-refractivity contribution >= 4 is 40.0 Å². The van der Waals surface area contributed by atoms with Crippen LogP contribution >= 0.6 is 0 Å². The van der Waals surface area contributed by atoms with Crippen molar-refractivity contribution in [3.05, 3.63) is 71.8 Å². The van der Waals surface area contributed by atoms with Crippen LogP contribution in [0.15, 0.2) is 60.7 Å². The minimum Gasteiger partial charge on any atom is -0.0623 e. The van der Waals surface area contributed by atoms with Gasteiger partial charge in [-0.3, -0.25) is 0 Å². The highest BCUT2D eigenvalue weighted by Crippen LogP contribution is 2.44. The van der Waals surface area contributed by atoms with Crippen LogP contribution in [0.1, 0.15) is 24.0 Å². The van der Waals surface area contributed by atoms with E-state index in [4.69, 9.17) is 0 Å². The molecule has 2 aliphatic heterocycles. The molecule has 0 bridgehead atoms. The summed E-state index contributed by atoms with van der Waals surface area (Å²) in [7, 11) is -1.54. The van der Waals surface area contributed by atoms with E-state index >= 15 is 0 Å². The summed E-state index contributed by atoms with van der Waals surface area (Å²) in [5.41, 5.74) is 6.02. The van der Waals surface area contributed by atoms with Gasteiger partial charge in [-0.25, -0.2) is 0 Å². The third-order valence-electron chi connectivity index (χ3n) is 7.40. The van der Waals surface area contributed by atoms with Gasteiger partial charge >= 0.3 is 0 Å². The highest BCUT2D eigenvalue weighted by Gasteiger charge is 2.47. The van der Waals surface area contributed by atoms with Crippen LogP contribution in [-0.4, -0.2) is 8.07 Å². The maximum atomic E-state index is 2.52. The van der Waals surface area contributed by atoms with E-state index in [2.05, 4.69) is 74.5 Å². The predicted molar refractivity (Wildman–Crippen MR) is 120 cm³/mol. The third kappa shape index (κ3) is 1.83. The molecule has 4 aromatic rings. The molecular formula is C26H24Si. The van der Waals surface area contributed by atoms with Gasteiger partial charge in [0.2, 0.25) is 0 Å². The monoisotopic (exact) mass is 364 g/mol. The van der Waals surface area contributed by atoms with Gasteiger partial charge in [-0.2, -0.15) is 0 Å². The maximum absolute atomic E-state index is 2.52. The first kappa shape index (κ1) is 15.7. The van der Waals surface area contributed by atoms with Gasteiger partial charge in [0.1, 0.15) is 8.07 Å². The molecule has 1 saturated heterocycles. The first-order valence-electron chi connectivity index (χ1n) is 10.3. The van der Waals surface area contributed by atoms with Gasteiger partial charge in [-0.15, -0.1) is 0 Å². The quantitative estimate of drug-likeness (QED) is 0.267. The van der Waals surface area contributed by atoms with Gasteiger partial charge in [0.05, 0.1) is 0 Å². The minimum atomic E-state index is -1.54. The van der Waals surface area contributed by atoms with Crippen molar-refractivity contribution in [3.8, 4) is 11.1 Å². The van der Waals surface area contributed by atoms with Crippen LogP contribution in [-0.2, 0) is 0 Å². The summed E-state index contributed by atoms with van der Waals surface area (Å²) in [6.07, 6.45) is 2.82. The van der Waals surface area contributed by atoms with E-state index in [1.54, 1.807) is 21.5 Å². The van der Waals surface area contributed by atoms with Gasteiger partial charge in [-0.1, -0.05) is 73.5 Å². The molecule has 0 atom stereocenters. The van der Waals surface area contributed by atoms with Gasteiger partial charge < -0.3 is 0 Å². The lowest BCUT2D eigenvalue weighted by Crippen LogP contribution is -2.52. The van der Waals surface area contributed by atoms with E-state index in [0.717, 1.165) is 0 Å². The first-order chi connectivity index (χ1) is 13.2. The number of rotatable bonds is 0. The van der Waals surface area contributed by atoms with Crippen LogP contribution in [0.4, 0.5) is 0 Å². The molecule has 1 heteroatoms. The summed E-state index contributed by atoms with van der Waals surface area (Å²) in [5.74, 6) is 0. The Kier molecular flexibility index (Phi) is 3.09. The molecule has 132 valence electrons. The van der Waals surface area contributed by atoms with Crippen molar-refractivity contribution < 1.29 is 0 Å². The van der Waals surface area contributed by atoms with Crippen molar-refractivity contribution in [3.63, 3.8) is 0 Å². The molecule has 0 aromatic heterocycles. The van der Waals surface area contributed by atoms with Gasteiger partial charge in [-0.05, 0) is 80.1 Å². The fraction of sp³-hybridized carbons (Fsp3) is 0.231. The predicted octanol–water partition coefficient (Wildman–Crippen LogP) is 5.95. The Balaban J connectivity index is 1.85. The number of hydrogen-bond acceptors (Lipinski definition) is 0. The van der Waals surface area contributed by atoms with Crippen LogP contribution in [0.25, 0.3) is 32.7 Å². The van der Waals surface area contributed by atoms with Crippen molar-refractivity contribution in [1.82, 2.24) is 0 Å². The summed E-state index contributed by atoms with van der Waals surface area (Å²) in [4.78, 5) is 0. The Hall–Kier alpha value is -2.38. The van der Waals surface area contributed by atoms with Crippen LogP contribution in [0.3, 0.4) is 0 Å². The molecular weight excluding hydrogens is 340 g/mol. The van der Waals surface area contributed by atoms with Gasteiger partial charge in [0, 0.05) is 0 Å². The second-order valence-electron chi connectivity index (χ2n) is 8.54. The second kappa shape index (κ2) is 5.33. The van der Waals surface area contributed by atoms with Gasteiger partial charge in [0.25, 0.3) is 0 Å². The van der Waals surface area contributed by atoms with E-state index in [1.165, 1.54) is 57.6 Å². The molecule has 1 spiro atoms. The fourth-order valence-corrected chi connectivity index (χ4v) is 11.8. The van der Waals surface area contributed by atoms with E-state index < -0.39 is 8.07 Å². The average molecular weight is 365 g/mol. The molecule has 0 N–H and O–H groups in total.